The summed E-state index contributed by atoms with van der Waals surface area (Å²) < 4.78 is 148. The van der Waals surface area contributed by atoms with Crippen LogP contribution in [0.3, 0.4) is 0 Å². The number of nitrogens with zero attached hydrogens (tertiary/aromatic N) is 8. The average Bonchev–Trinajstić information content (AvgIpc) is 3.38. The number of phenolic OH excluding ortho intramolecular Hbond substituents is 1. The molecule has 0 saturated heterocycles. The fourth-order valence-corrected chi connectivity index (χ4v) is 10.1. The van der Waals surface area contributed by atoms with E-state index in [1.165, 1.54) is 44.6 Å². The normalized spacial score (nSPS) is 12.7. The number of rotatable bonds is 16. The van der Waals surface area contributed by atoms with Crippen LogP contribution in [0.1, 0.15) is 11.1 Å². The van der Waals surface area contributed by atoms with E-state index in [2.05, 4.69) is 46.2 Å². The van der Waals surface area contributed by atoms with Gasteiger partial charge in [-0.25, -0.2) is 0 Å². The number of ether oxygens (including phenoxy) is 2. The van der Waals surface area contributed by atoms with Crippen molar-refractivity contribution in [2.45, 2.75) is 33.4 Å². The molecule has 28 heteroatoms. The summed E-state index contributed by atoms with van der Waals surface area (Å²) in [5, 5.41) is 47.6. The predicted molar refractivity (Wildman–Crippen MR) is 277 cm³/mol. The highest BCUT2D eigenvalue weighted by Gasteiger charge is 2.26. The number of hydrogen-bond acceptors (Lipinski definition) is 20. The molecule has 0 saturated carbocycles. The molecule has 8 aromatic carbocycles. The van der Waals surface area contributed by atoms with Gasteiger partial charge in [0.1, 0.15) is 48.9 Å². The molecule has 0 aliphatic heterocycles. The molecule has 0 bridgehead atoms. The summed E-state index contributed by atoms with van der Waals surface area (Å²) in [6, 6.07) is 30.3. The monoisotopic (exact) mass is 1110 g/mol. The number of anilines is 2. The smallest absolute Gasteiger partial charge is 0.296 e. The second-order valence-electron chi connectivity index (χ2n) is 16.3. The van der Waals surface area contributed by atoms with E-state index in [0.29, 0.717) is 46.0 Å². The molecule has 0 radical (unpaired) electrons. The number of phenols is 1. The van der Waals surface area contributed by atoms with Crippen LogP contribution in [0.2, 0.25) is 0 Å². The van der Waals surface area contributed by atoms with Crippen LogP contribution in [0.4, 0.5) is 56.9 Å². The minimum absolute atomic E-state index is 0.0404. The molecule has 0 aromatic heterocycles. The number of nitrogens with one attached hydrogen (secondary N) is 1. The van der Waals surface area contributed by atoms with Crippen LogP contribution < -0.4 is 14.8 Å². The van der Waals surface area contributed by atoms with E-state index < -0.39 is 88.0 Å². The van der Waals surface area contributed by atoms with Crippen molar-refractivity contribution in [3.05, 3.63) is 139 Å². The van der Waals surface area contributed by atoms with Crippen molar-refractivity contribution in [1.82, 2.24) is 0 Å². The Labute approximate surface area is 432 Å². The van der Waals surface area contributed by atoms with E-state index in [1.807, 2.05) is 30.3 Å². The highest BCUT2D eigenvalue weighted by atomic mass is 32.2. The van der Waals surface area contributed by atoms with Crippen molar-refractivity contribution in [3.63, 3.8) is 0 Å². The highest BCUT2D eigenvalue weighted by Crippen LogP contribution is 2.45. The number of aromatic hydroxyl groups is 1. The van der Waals surface area contributed by atoms with Gasteiger partial charge in [0, 0.05) is 34.3 Å². The van der Waals surface area contributed by atoms with Crippen molar-refractivity contribution >= 4 is 119 Å². The zero-order chi connectivity index (χ0) is 54.9. The Kier molecular flexibility index (Phi) is 14.9. The lowest BCUT2D eigenvalue weighted by atomic mass is 10.1. The molecule has 0 atom stereocenters. The number of hydrogen-bond donors (Lipinski definition) is 6. The molecule has 0 heterocycles. The molecule has 8 rings (SSSR count). The number of benzene rings is 8. The second-order valence-corrected chi connectivity index (χ2v) is 21.9. The van der Waals surface area contributed by atoms with Crippen molar-refractivity contribution in [3.8, 4) is 17.2 Å². The Morgan fingerprint density at radius 1 is 0.421 bits per heavy atom. The molecular formula is C48H39N9O15S4. The lowest BCUT2D eigenvalue weighted by Crippen LogP contribution is -2.05. The van der Waals surface area contributed by atoms with Crippen LogP contribution >= 0.6 is 0 Å². The summed E-state index contributed by atoms with van der Waals surface area (Å²) in [7, 11) is -17.5. The average molecular weight is 1110 g/mol. The molecule has 24 nitrogen and oxygen atoms in total. The fourth-order valence-electron chi connectivity index (χ4n) is 7.46. The predicted octanol–water partition coefficient (Wildman–Crippen LogP) is 12.7. The first-order chi connectivity index (χ1) is 35.8. The summed E-state index contributed by atoms with van der Waals surface area (Å²) in [6.07, 6.45) is 0. The van der Waals surface area contributed by atoms with E-state index >= 15 is 0 Å². The van der Waals surface area contributed by atoms with Gasteiger partial charge < -0.3 is 19.9 Å². The minimum Gasteiger partial charge on any atom is -0.505 e. The Bertz CT molecular complexity index is 4270. The molecule has 76 heavy (non-hydrogen) atoms. The van der Waals surface area contributed by atoms with Crippen LogP contribution in [0.25, 0.3) is 21.5 Å². The maximum Gasteiger partial charge on any atom is 0.296 e. The van der Waals surface area contributed by atoms with Crippen LogP contribution in [0, 0.1) is 13.8 Å². The molecular weight excluding hydrogens is 1070 g/mol. The molecule has 0 fully saturated rings. The van der Waals surface area contributed by atoms with Gasteiger partial charge in [-0.05, 0) is 133 Å². The van der Waals surface area contributed by atoms with E-state index in [0.717, 1.165) is 17.8 Å². The minimum atomic E-state index is -5.15. The first-order valence-electron chi connectivity index (χ1n) is 21.6. The third-order valence-electron chi connectivity index (χ3n) is 11.1. The van der Waals surface area contributed by atoms with Crippen molar-refractivity contribution in [2.75, 3.05) is 19.5 Å². The van der Waals surface area contributed by atoms with Gasteiger partial charge in [0.05, 0.1) is 41.9 Å². The largest absolute Gasteiger partial charge is 0.505 e. The zero-order valence-corrected chi connectivity index (χ0v) is 42.9. The highest BCUT2D eigenvalue weighted by molar-refractivity contribution is 7.87. The first kappa shape index (κ1) is 53.8. The number of methoxy groups -OCH3 is 2. The summed E-state index contributed by atoms with van der Waals surface area (Å²) in [5.74, 6) is -0.288. The van der Waals surface area contributed by atoms with Gasteiger partial charge in [-0.3, -0.25) is 18.2 Å². The molecule has 390 valence electrons. The van der Waals surface area contributed by atoms with Crippen LogP contribution in [-0.4, -0.2) is 71.2 Å². The topological polar surface area (TPSA) is 367 Å². The summed E-state index contributed by atoms with van der Waals surface area (Å²) >= 11 is 0. The summed E-state index contributed by atoms with van der Waals surface area (Å²) in [4.78, 5) is -3.56. The Morgan fingerprint density at radius 2 is 0.921 bits per heavy atom. The van der Waals surface area contributed by atoms with Gasteiger partial charge in [0.25, 0.3) is 40.5 Å². The molecule has 0 unspecified atom stereocenters. The lowest BCUT2D eigenvalue weighted by Gasteiger charge is -2.12. The Morgan fingerprint density at radius 3 is 1.45 bits per heavy atom. The van der Waals surface area contributed by atoms with E-state index in [1.54, 1.807) is 56.3 Å². The fraction of sp³-hybridized carbons (Fsp3) is 0.0833. The molecule has 0 amide bonds. The van der Waals surface area contributed by atoms with E-state index in [9.17, 15) is 57.0 Å². The summed E-state index contributed by atoms with van der Waals surface area (Å²) in [5.41, 5.74) is 2.99. The third-order valence-corrected chi connectivity index (χ3v) is 14.6. The quantitative estimate of drug-likeness (QED) is 0.0387. The van der Waals surface area contributed by atoms with Gasteiger partial charge in [-0.2, -0.15) is 54.1 Å². The SMILES string of the molecule is COc1cc(N=Nc2c(S(=O)(=O)O)cc3cc(Nc4ccccc4)ccc3c2O)c(OC)cc1N=Nc1ccc(N=Nc2ccc(N=Nc3cc4c(S(=O)(=O)O)cc(S(=O)(=O)O)cc4cc3S(=O)(=O)O)c(C)c2)c(C)c1. The lowest BCUT2D eigenvalue weighted by molar-refractivity contribution is 0.405. The molecule has 8 aromatic rings. The first-order valence-corrected chi connectivity index (χ1v) is 27.3. The van der Waals surface area contributed by atoms with Gasteiger partial charge >= 0.3 is 0 Å². The number of azo groups is 4. The summed E-state index contributed by atoms with van der Waals surface area (Å²) in [6.45, 7) is 3.38. The molecule has 6 N–H and O–H groups in total. The van der Waals surface area contributed by atoms with E-state index in [-0.39, 0.29) is 39.3 Å². The number of fused-ring (bicyclic) bond motifs is 2. The van der Waals surface area contributed by atoms with Gasteiger partial charge in [-0.1, -0.05) is 18.2 Å². The van der Waals surface area contributed by atoms with Gasteiger partial charge in [0.2, 0.25) is 0 Å². The van der Waals surface area contributed by atoms with Crippen LogP contribution in [0.15, 0.2) is 188 Å². The van der Waals surface area contributed by atoms with Crippen molar-refractivity contribution < 1.29 is 66.5 Å². The zero-order valence-electron chi connectivity index (χ0n) is 39.7. The third kappa shape index (κ3) is 12.0. The number of aryl methyl sites for hydroxylation is 2. The van der Waals surface area contributed by atoms with Crippen LogP contribution in [-0.2, 0) is 40.5 Å². The maximum absolute atomic E-state index is 12.6. The standard InChI is InChI=1S/C48H39N9O15S4/c1-26-16-33(11-14-37(26)52-50-32-12-15-38(27(2)17-32)53-56-41-23-36-29(20-45(41)75(65,66)67)19-34(73(59,60)61)22-44(36)74(62,63)64)51-54-39-24-43(72-4)40(25-42(39)71-3)55-57-47-46(76(68,69)70)21-28-18-31(10-13-35(28)48(47)58)49-30-8-6-5-7-9-30/h5-25,49,58H,1-4H3,(H,59,60,61)(H,62,63,64)(H,65,66,67)(H,68,69,70). The van der Waals surface area contributed by atoms with E-state index in [4.69, 9.17) is 9.47 Å². The second kappa shape index (κ2) is 21.0. The molecule has 0 aliphatic carbocycles. The number of para-hydroxylation sites is 1. The van der Waals surface area contributed by atoms with Crippen molar-refractivity contribution in [2.24, 2.45) is 40.9 Å². The Balaban J connectivity index is 1.00. The van der Waals surface area contributed by atoms with Gasteiger partial charge in [-0.15, -0.1) is 20.5 Å². The maximum atomic E-state index is 12.6. The van der Waals surface area contributed by atoms with Gasteiger partial charge in [0.15, 0.2) is 5.75 Å². The Hall–Kier alpha value is -8.48. The van der Waals surface area contributed by atoms with Crippen molar-refractivity contribution in [1.29, 1.82) is 0 Å². The molecule has 0 spiro atoms. The molecule has 0 aliphatic rings. The van der Waals surface area contributed by atoms with Crippen LogP contribution in [0.5, 0.6) is 17.2 Å².